The molecule has 7 nitrogen and oxygen atoms in total. The van der Waals surface area contributed by atoms with Crippen LogP contribution < -0.4 is 16.4 Å². The highest BCUT2D eigenvalue weighted by molar-refractivity contribution is 7.18. The molecule has 0 saturated heterocycles. The fraction of sp³-hybridized carbons (Fsp3) is 0.692. The van der Waals surface area contributed by atoms with Crippen molar-refractivity contribution in [1.82, 2.24) is 10.3 Å². The van der Waals surface area contributed by atoms with Gasteiger partial charge in [-0.3, -0.25) is 4.79 Å². The maximum atomic E-state index is 12.2. The summed E-state index contributed by atoms with van der Waals surface area (Å²) in [7, 11) is 1.55. The number of thiazole rings is 1. The highest BCUT2D eigenvalue weighted by Crippen LogP contribution is 2.29. The molecular formula is C13H22N4O3S. The molecule has 0 bridgehead atoms. The molecule has 1 aromatic rings. The lowest BCUT2D eigenvalue weighted by molar-refractivity contribution is 0.0883. The molecule has 1 fully saturated rings. The first-order chi connectivity index (χ1) is 10.1. The lowest BCUT2D eigenvalue weighted by Gasteiger charge is -2.25. The Hall–Kier alpha value is -1.38. The van der Waals surface area contributed by atoms with Crippen molar-refractivity contribution in [1.29, 1.82) is 0 Å². The van der Waals surface area contributed by atoms with Gasteiger partial charge < -0.3 is 26.2 Å². The van der Waals surface area contributed by atoms with E-state index in [0.29, 0.717) is 29.1 Å². The second kappa shape index (κ2) is 7.58. The summed E-state index contributed by atoms with van der Waals surface area (Å²) in [5.74, 6) is -0.0401. The zero-order valence-electron chi connectivity index (χ0n) is 12.1. The molecule has 1 atom stereocenters. The van der Waals surface area contributed by atoms with Crippen molar-refractivity contribution >= 4 is 28.2 Å². The van der Waals surface area contributed by atoms with Crippen LogP contribution >= 0.6 is 11.3 Å². The highest BCUT2D eigenvalue weighted by Gasteiger charge is 2.22. The summed E-state index contributed by atoms with van der Waals surface area (Å²) in [6.07, 6.45) is 3.93. The van der Waals surface area contributed by atoms with E-state index in [-0.39, 0.29) is 24.4 Å². The Bertz CT molecular complexity index is 470. The van der Waals surface area contributed by atoms with Gasteiger partial charge in [0.2, 0.25) is 0 Å². The van der Waals surface area contributed by atoms with Crippen LogP contribution in [0.4, 0.5) is 10.9 Å². The first-order valence-electron chi connectivity index (χ1n) is 7.07. The molecule has 1 aromatic heterocycles. The number of nitrogens with two attached hydrogens (primary N) is 1. The van der Waals surface area contributed by atoms with E-state index >= 15 is 0 Å². The van der Waals surface area contributed by atoms with Crippen molar-refractivity contribution in [3.8, 4) is 0 Å². The van der Waals surface area contributed by atoms with E-state index in [1.807, 2.05) is 0 Å². The van der Waals surface area contributed by atoms with Crippen LogP contribution in [-0.2, 0) is 4.74 Å². The van der Waals surface area contributed by atoms with Gasteiger partial charge in [0.25, 0.3) is 5.91 Å². The molecule has 0 aliphatic heterocycles. The first kappa shape index (κ1) is 16.0. The number of amides is 1. The molecule has 1 unspecified atom stereocenters. The van der Waals surface area contributed by atoms with Crippen LogP contribution in [0.25, 0.3) is 0 Å². The maximum absolute atomic E-state index is 12.2. The number of aliphatic hydroxyl groups excluding tert-OH is 1. The Morgan fingerprint density at radius 2 is 2.38 bits per heavy atom. The Balaban J connectivity index is 1.96. The van der Waals surface area contributed by atoms with Gasteiger partial charge in [0.15, 0.2) is 5.13 Å². The first-order valence-corrected chi connectivity index (χ1v) is 7.89. The van der Waals surface area contributed by atoms with Crippen molar-refractivity contribution in [2.24, 2.45) is 0 Å². The number of hydrogen-bond donors (Lipinski definition) is 4. The highest BCUT2D eigenvalue weighted by atomic mass is 32.1. The average molecular weight is 314 g/mol. The predicted molar refractivity (Wildman–Crippen MR) is 82.6 cm³/mol. The molecule has 118 valence electrons. The number of carbonyl (C=O) groups is 1. The quantitative estimate of drug-likeness (QED) is 0.565. The minimum atomic E-state index is -0.276. The third kappa shape index (κ3) is 4.29. The van der Waals surface area contributed by atoms with Crippen molar-refractivity contribution in [3.63, 3.8) is 0 Å². The van der Waals surface area contributed by atoms with Crippen LogP contribution in [-0.4, -0.2) is 48.4 Å². The van der Waals surface area contributed by atoms with Gasteiger partial charge in [-0.25, -0.2) is 4.98 Å². The van der Waals surface area contributed by atoms with Gasteiger partial charge in [0.1, 0.15) is 10.7 Å². The molecule has 1 aliphatic rings. The van der Waals surface area contributed by atoms with Gasteiger partial charge in [-0.1, -0.05) is 11.3 Å². The van der Waals surface area contributed by atoms with Gasteiger partial charge >= 0.3 is 0 Å². The minimum absolute atomic E-state index is 0.0129. The molecule has 8 heteroatoms. The molecule has 1 heterocycles. The van der Waals surface area contributed by atoms with E-state index in [9.17, 15) is 4.79 Å². The molecule has 2 rings (SSSR count). The standard InChI is InChI=1S/C13H22N4O3S/c1-20-7-9(5-6-18)15-12(19)10-11(14)17-13(21-10)16-8-3-2-4-8/h8-9,18H,2-7,14H2,1H3,(H,15,19)(H,16,17). The van der Waals surface area contributed by atoms with Gasteiger partial charge in [-0.05, 0) is 25.7 Å². The van der Waals surface area contributed by atoms with Crippen LogP contribution in [0.15, 0.2) is 0 Å². The monoisotopic (exact) mass is 314 g/mol. The van der Waals surface area contributed by atoms with Crippen molar-refractivity contribution in [3.05, 3.63) is 4.88 Å². The van der Waals surface area contributed by atoms with Crippen LogP contribution in [0.2, 0.25) is 0 Å². The number of aromatic nitrogens is 1. The number of aliphatic hydroxyl groups is 1. The SMILES string of the molecule is COCC(CCO)NC(=O)c1sc(NC2CCC2)nc1N. The molecule has 0 spiro atoms. The molecular weight excluding hydrogens is 292 g/mol. The lowest BCUT2D eigenvalue weighted by atomic mass is 9.93. The smallest absolute Gasteiger partial charge is 0.265 e. The molecule has 5 N–H and O–H groups in total. The zero-order valence-corrected chi connectivity index (χ0v) is 12.9. The van der Waals surface area contributed by atoms with Gasteiger partial charge in [-0.2, -0.15) is 0 Å². The minimum Gasteiger partial charge on any atom is -0.396 e. The van der Waals surface area contributed by atoms with Crippen molar-refractivity contribution < 1.29 is 14.6 Å². The summed E-state index contributed by atoms with van der Waals surface area (Å²) in [5.41, 5.74) is 5.82. The molecule has 0 radical (unpaired) electrons. The second-order valence-electron chi connectivity index (χ2n) is 5.14. The maximum Gasteiger partial charge on any atom is 0.265 e. The fourth-order valence-electron chi connectivity index (χ4n) is 2.09. The van der Waals surface area contributed by atoms with E-state index in [4.69, 9.17) is 15.6 Å². The Kier molecular flexibility index (Phi) is 5.77. The number of hydrogen-bond acceptors (Lipinski definition) is 7. The zero-order chi connectivity index (χ0) is 15.2. The number of carbonyl (C=O) groups excluding carboxylic acids is 1. The van der Waals surface area contributed by atoms with Crippen LogP contribution in [0.1, 0.15) is 35.4 Å². The van der Waals surface area contributed by atoms with Gasteiger partial charge in [0.05, 0.1) is 12.6 Å². The third-order valence-corrected chi connectivity index (χ3v) is 4.47. The molecule has 1 aliphatic carbocycles. The molecule has 21 heavy (non-hydrogen) atoms. The number of rotatable bonds is 8. The van der Waals surface area contributed by atoms with E-state index in [2.05, 4.69) is 15.6 Å². The topological polar surface area (TPSA) is 110 Å². The molecule has 1 saturated carbocycles. The number of nitrogens with zero attached hydrogens (tertiary/aromatic N) is 1. The summed E-state index contributed by atoms with van der Waals surface area (Å²) in [4.78, 5) is 16.8. The van der Waals surface area contributed by atoms with Crippen LogP contribution in [0.5, 0.6) is 0 Å². The number of methoxy groups -OCH3 is 1. The van der Waals surface area contributed by atoms with Crippen molar-refractivity contribution in [2.75, 3.05) is 31.4 Å². The number of nitrogens with one attached hydrogen (secondary N) is 2. The van der Waals surface area contributed by atoms with Crippen molar-refractivity contribution in [2.45, 2.75) is 37.8 Å². The summed E-state index contributed by atoms with van der Waals surface area (Å²) in [5, 5.41) is 15.8. The number of ether oxygens (including phenoxy) is 1. The van der Waals surface area contributed by atoms with E-state index < -0.39 is 0 Å². The summed E-state index contributed by atoms with van der Waals surface area (Å²) in [6.45, 7) is 0.332. The molecule has 1 amide bonds. The van der Waals surface area contributed by atoms with Crippen LogP contribution in [0.3, 0.4) is 0 Å². The Labute approximate surface area is 127 Å². The van der Waals surface area contributed by atoms with Gasteiger partial charge in [-0.15, -0.1) is 0 Å². The third-order valence-electron chi connectivity index (χ3n) is 3.47. The van der Waals surface area contributed by atoms with Gasteiger partial charge in [0, 0.05) is 19.8 Å². The fourth-order valence-corrected chi connectivity index (χ4v) is 2.95. The number of nitrogen functional groups attached to an aromatic ring is 1. The van der Waals surface area contributed by atoms with E-state index in [0.717, 1.165) is 12.8 Å². The van der Waals surface area contributed by atoms with E-state index in [1.54, 1.807) is 7.11 Å². The average Bonchev–Trinajstić information content (AvgIpc) is 2.76. The normalized spacial score (nSPS) is 16.3. The largest absolute Gasteiger partial charge is 0.396 e. The Morgan fingerprint density at radius 1 is 1.62 bits per heavy atom. The summed E-state index contributed by atoms with van der Waals surface area (Å²) >= 11 is 1.26. The Morgan fingerprint density at radius 3 is 2.95 bits per heavy atom. The summed E-state index contributed by atoms with van der Waals surface area (Å²) in [6, 6.07) is 0.208. The van der Waals surface area contributed by atoms with E-state index in [1.165, 1.54) is 17.8 Å². The second-order valence-corrected chi connectivity index (χ2v) is 6.14. The summed E-state index contributed by atoms with van der Waals surface area (Å²) < 4.78 is 5.02. The predicted octanol–water partition coefficient (Wildman–Crippen LogP) is 0.817. The molecule has 0 aromatic carbocycles. The number of anilines is 2. The van der Waals surface area contributed by atoms with Crippen LogP contribution in [0, 0.1) is 0 Å². The lowest BCUT2D eigenvalue weighted by Crippen LogP contribution is -2.38.